The minimum absolute atomic E-state index is 0.205. The smallest absolute Gasteiger partial charge is 0.302 e. The highest BCUT2D eigenvalue weighted by Crippen LogP contribution is 2.38. The van der Waals surface area contributed by atoms with Crippen molar-refractivity contribution in [2.75, 3.05) is 7.05 Å². The zero-order valence-electron chi connectivity index (χ0n) is 10.8. The van der Waals surface area contributed by atoms with E-state index in [1.165, 1.54) is 16.4 Å². The molecule has 1 fully saturated rings. The Morgan fingerprint density at radius 1 is 1.63 bits per heavy atom. The maximum atomic E-state index is 11.3. The predicted octanol–water partition coefficient (Wildman–Crippen LogP) is -0.405. The zero-order valence-corrected chi connectivity index (χ0v) is 11.6. The second kappa shape index (κ2) is 5.19. The van der Waals surface area contributed by atoms with Crippen molar-refractivity contribution in [2.24, 2.45) is 7.05 Å². The van der Waals surface area contributed by atoms with Crippen LogP contribution in [0.1, 0.15) is 19.3 Å². The Balaban J connectivity index is 2.16. The van der Waals surface area contributed by atoms with Gasteiger partial charge < -0.3 is 5.32 Å². The minimum atomic E-state index is -0.779. The van der Waals surface area contributed by atoms with E-state index in [4.69, 9.17) is 0 Å². The lowest BCUT2D eigenvalue weighted by molar-refractivity contribution is 0.464. The number of aromatic amines is 1. The summed E-state index contributed by atoms with van der Waals surface area (Å²) in [6.45, 7) is 0. The van der Waals surface area contributed by atoms with E-state index in [-0.39, 0.29) is 5.25 Å². The third-order valence-corrected chi connectivity index (χ3v) is 4.69. The molecule has 7 nitrogen and oxygen atoms in total. The van der Waals surface area contributed by atoms with Gasteiger partial charge in [-0.05, 0) is 26.3 Å². The summed E-state index contributed by atoms with van der Waals surface area (Å²) < 4.78 is 1.44. The van der Waals surface area contributed by atoms with E-state index in [0.717, 1.165) is 12.8 Å². The molecule has 0 aliphatic heterocycles. The molecule has 102 valence electrons. The van der Waals surface area contributed by atoms with Crippen molar-refractivity contribution in [3.05, 3.63) is 20.7 Å². The Morgan fingerprint density at radius 3 is 2.95 bits per heavy atom. The molecule has 1 heterocycles. The average molecular weight is 281 g/mol. The van der Waals surface area contributed by atoms with Gasteiger partial charge in [0.2, 0.25) is 0 Å². The molecule has 2 N–H and O–H groups in total. The summed E-state index contributed by atoms with van der Waals surface area (Å²) in [7, 11) is 3.42. The molecule has 1 saturated carbocycles. The molecule has 1 aromatic rings. The number of nitriles is 1. The molecule has 19 heavy (non-hydrogen) atoms. The summed E-state index contributed by atoms with van der Waals surface area (Å²) in [4.78, 5) is 26.1. The summed E-state index contributed by atoms with van der Waals surface area (Å²) in [5, 5.41) is 15.3. The van der Waals surface area contributed by atoms with E-state index in [2.05, 4.69) is 21.5 Å². The second-order valence-corrected chi connectivity index (χ2v) is 5.89. The summed E-state index contributed by atoms with van der Waals surface area (Å²) in [5.41, 5.74) is -1.99. The molecule has 1 aliphatic rings. The lowest BCUT2D eigenvalue weighted by Crippen LogP contribution is -2.39. The van der Waals surface area contributed by atoms with Crippen LogP contribution in [0.15, 0.2) is 14.7 Å². The van der Waals surface area contributed by atoms with Crippen LogP contribution in [0, 0.1) is 11.3 Å². The second-order valence-electron chi connectivity index (χ2n) is 4.63. The van der Waals surface area contributed by atoms with Gasteiger partial charge in [0.15, 0.2) is 5.16 Å². The molecule has 0 bridgehead atoms. The summed E-state index contributed by atoms with van der Waals surface area (Å²) in [6, 6.07) is 2.31. The summed E-state index contributed by atoms with van der Waals surface area (Å²) in [5.74, 6) is 0. The van der Waals surface area contributed by atoms with Crippen LogP contribution < -0.4 is 16.4 Å². The third-order valence-electron chi connectivity index (χ3n) is 3.38. The highest BCUT2D eigenvalue weighted by Gasteiger charge is 2.39. The van der Waals surface area contributed by atoms with Crippen LogP contribution in [0.3, 0.4) is 0 Å². The fourth-order valence-electron chi connectivity index (χ4n) is 2.20. The maximum absolute atomic E-state index is 11.3. The number of aromatic nitrogens is 3. The minimum Gasteiger partial charge on any atom is -0.302 e. The maximum Gasteiger partial charge on any atom is 0.339 e. The number of hydrogen-bond donors (Lipinski definition) is 2. The van der Waals surface area contributed by atoms with Gasteiger partial charge in [-0.1, -0.05) is 11.8 Å². The topological polar surface area (TPSA) is 104 Å². The van der Waals surface area contributed by atoms with Gasteiger partial charge in [0, 0.05) is 12.3 Å². The molecular formula is C11H15N5O2S. The molecule has 0 spiro atoms. The van der Waals surface area contributed by atoms with Gasteiger partial charge in [-0.25, -0.2) is 0 Å². The molecular weight excluding hydrogens is 266 g/mol. The average Bonchev–Trinajstić information content (AvgIpc) is 2.80. The van der Waals surface area contributed by atoms with Crippen molar-refractivity contribution in [3.63, 3.8) is 0 Å². The molecule has 0 radical (unpaired) electrons. The Hall–Kier alpha value is -1.59. The first kappa shape index (κ1) is 13.8. The van der Waals surface area contributed by atoms with E-state index in [0.29, 0.717) is 11.6 Å². The van der Waals surface area contributed by atoms with Crippen molar-refractivity contribution in [1.29, 1.82) is 5.26 Å². The molecule has 1 aliphatic carbocycles. The first-order valence-electron chi connectivity index (χ1n) is 5.94. The van der Waals surface area contributed by atoms with Crippen molar-refractivity contribution in [3.8, 4) is 6.07 Å². The number of H-pyrrole nitrogens is 1. The SMILES string of the molecule is CNC1(C#N)CCC(Sc2nc(=O)c(=O)[nH]n2C)C1. The van der Waals surface area contributed by atoms with Crippen LogP contribution >= 0.6 is 11.8 Å². The zero-order chi connectivity index (χ0) is 14.0. The van der Waals surface area contributed by atoms with E-state index >= 15 is 0 Å². The quantitative estimate of drug-likeness (QED) is 0.730. The lowest BCUT2D eigenvalue weighted by atomic mass is 10.0. The van der Waals surface area contributed by atoms with Gasteiger partial charge in [-0.15, -0.1) is 0 Å². The molecule has 0 aromatic carbocycles. The first-order chi connectivity index (χ1) is 8.99. The van der Waals surface area contributed by atoms with Crippen LogP contribution in [-0.2, 0) is 7.05 Å². The number of hydrogen-bond acceptors (Lipinski definition) is 6. The fraction of sp³-hybridized carbons (Fsp3) is 0.636. The van der Waals surface area contributed by atoms with Crippen molar-refractivity contribution < 1.29 is 0 Å². The molecule has 2 unspecified atom stereocenters. The first-order valence-corrected chi connectivity index (χ1v) is 6.82. The van der Waals surface area contributed by atoms with Crippen molar-refractivity contribution in [1.82, 2.24) is 20.1 Å². The Kier molecular flexibility index (Phi) is 3.78. The van der Waals surface area contributed by atoms with Crippen LogP contribution in [0.4, 0.5) is 0 Å². The van der Waals surface area contributed by atoms with E-state index in [9.17, 15) is 14.9 Å². The predicted molar refractivity (Wildman–Crippen MR) is 71.0 cm³/mol. The van der Waals surface area contributed by atoms with Crippen LogP contribution in [-0.4, -0.2) is 32.6 Å². The molecule has 0 saturated heterocycles. The van der Waals surface area contributed by atoms with Crippen molar-refractivity contribution in [2.45, 2.75) is 35.2 Å². The molecule has 2 atom stereocenters. The van der Waals surface area contributed by atoms with Gasteiger partial charge in [0.05, 0.1) is 6.07 Å². The fourth-order valence-corrected chi connectivity index (χ4v) is 3.44. The number of nitrogens with zero attached hydrogens (tertiary/aromatic N) is 3. The number of aryl methyl sites for hydroxylation is 1. The van der Waals surface area contributed by atoms with E-state index < -0.39 is 16.7 Å². The number of rotatable bonds is 3. The summed E-state index contributed by atoms with van der Waals surface area (Å²) in [6.07, 6.45) is 2.34. The molecule has 1 aromatic heterocycles. The standard InChI is InChI=1S/C11H15N5O2S/c1-13-11(6-12)4-3-7(5-11)19-10-14-8(17)9(18)15-16(10)2/h7,13H,3-5H2,1-2H3,(H,15,18). The van der Waals surface area contributed by atoms with Crippen LogP contribution in [0.25, 0.3) is 0 Å². The monoisotopic (exact) mass is 281 g/mol. The van der Waals surface area contributed by atoms with Crippen molar-refractivity contribution >= 4 is 11.8 Å². The van der Waals surface area contributed by atoms with E-state index in [1.807, 2.05) is 0 Å². The number of thioether (sulfide) groups is 1. The van der Waals surface area contributed by atoms with Gasteiger partial charge in [0.1, 0.15) is 5.54 Å². The van der Waals surface area contributed by atoms with Crippen LogP contribution in [0.2, 0.25) is 0 Å². The molecule has 2 rings (SSSR count). The van der Waals surface area contributed by atoms with Gasteiger partial charge in [0.25, 0.3) is 0 Å². The lowest BCUT2D eigenvalue weighted by Gasteiger charge is -2.19. The molecule has 8 heteroatoms. The Bertz CT molecular complexity index is 631. The molecule has 0 amide bonds. The van der Waals surface area contributed by atoms with E-state index in [1.54, 1.807) is 14.1 Å². The normalized spacial score (nSPS) is 26.3. The van der Waals surface area contributed by atoms with Gasteiger partial charge in [-0.3, -0.25) is 19.4 Å². The highest BCUT2D eigenvalue weighted by atomic mass is 32.2. The summed E-state index contributed by atoms with van der Waals surface area (Å²) >= 11 is 1.42. The van der Waals surface area contributed by atoms with Gasteiger partial charge >= 0.3 is 11.1 Å². The number of nitrogens with one attached hydrogen (secondary N) is 2. The van der Waals surface area contributed by atoms with Gasteiger partial charge in [-0.2, -0.15) is 10.2 Å². The highest BCUT2D eigenvalue weighted by molar-refractivity contribution is 7.99. The Labute approximate surface area is 114 Å². The van der Waals surface area contributed by atoms with Crippen LogP contribution in [0.5, 0.6) is 0 Å². The third kappa shape index (κ3) is 2.72. The largest absolute Gasteiger partial charge is 0.339 e. The Morgan fingerprint density at radius 2 is 2.37 bits per heavy atom.